The standard InChI is InChI=1S/C13H18N4O3/c1-3-20-11-6-4-10(5-7-11)13(2,12(18)19)15-8-9-16-17-14/h4-7,15H,3,8-9H2,1-2H3,(H,18,19). The van der Waals surface area contributed by atoms with Gasteiger partial charge in [-0.25, -0.2) is 4.79 Å². The average Bonchev–Trinajstić information content (AvgIpc) is 2.44. The molecule has 7 nitrogen and oxygen atoms in total. The van der Waals surface area contributed by atoms with Gasteiger partial charge in [0.15, 0.2) is 0 Å². The van der Waals surface area contributed by atoms with E-state index in [4.69, 9.17) is 10.3 Å². The van der Waals surface area contributed by atoms with Gasteiger partial charge in [0.1, 0.15) is 11.3 Å². The highest BCUT2D eigenvalue weighted by atomic mass is 16.5. The Balaban J connectivity index is 2.88. The molecule has 0 saturated heterocycles. The minimum absolute atomic E-state index is 0.191. The van der Waals surface area contributed by atoms with Crippen molar-refractivity contribution in [1.29, 1.82) is 0 Å². The lowest BCUT2D eigenvalue weighted by atomic mass is 9.92. The molecule has 1 atom stereocenters. The fraction of sp³-hybridized carbons (Fsp3) is 0.462. The summed E-state index contributed by atoms with van der Waals surface area (Å²) in [5, 5.41) is 15.7. The number of hydrogen-bond acceptors (Lipinski definition) is 4. The van der Waals surface area contributed by atoms with Gasteiger partial charge in [-0.05, 0) is 37.1 Å². The minimum atomic E-state index is -1.24. The molecule has 0 aromatic heterocycles. The van der Waals surface area contributed by atoms with Crippen LogP contribution < -0.4 is 10.1 Å². The number of benzene rings is 1. The average molecular weight is 278 g/mol. The van der Waals surface area contributed by atoms with Gasteiger partial charge in [0.25, 0.3) is 0 Å². The molecule has 0 aliphatic rings. The Labute approximate surface area is 117 Å². The van der Waals surface area contributed by atoms with E-state index in [1.807, 2.05) is 6.92 Å². The van der Waals surface area contributed by atoms with Crippen LogP contribution in [0.3, 0.4) is 0 Å². The summed E-state index contributed by atoms with van der Waals surface area (Å²) in [7, 11) is 0. The lowest BCUT2D eigenvalue weighted by molar-refractivity contribution is -0.144. The predicted molar refractivity (Wildman–Crippen MR) is 74.6 cm³/mol. The summed E-state index contributed by atoms with van der Waals surface area (Å²) in [6, 6.07) is 6.88. The zero-order valence-corrected chi connectivity index (χ0v) is 11.5. The van der Waals surface area contributed by atoms with Gasteiger partial charge in [-0.2, -0.15) is 0 Å². The maximum Gasteiger partial charge on any atom is 0.328 e. The van der Waals surface area contributed by atoms with Gasteiger partial charge < -0.3 is 9.84 Å². The van der Waals surface area contributed by atoms with Gasteiger partial charge >= 0.3 is 5.97 Å². The monoisotopic (exact) mass is 278 g/mol. The molecule has 0 fully saturated rings. The second-order valence-electron chi connectivity index (χ2n) is 4.27. The van der Waals surface area contributed by atoms with Crippen LogP contribution in [0.1, 0.15) is 19.4 Å². The van der Waals surface area contributed by atoms with Gasteiger partial charge in [-0.15, -0.1) is 0 Å². The summed E-state index contributed by atoms with van der Waals surface area (Å²) in [5.41, 5.74) is 7.57. The molecule has 0 saturated carbocycles. The van der Waals surface area contributed by atoms with Crippen LogP contribution in [0.5, 0.6) is 5.75 Å². The summed E-state index contributed by atoms with van der Waals surface area (Å²) in [5.74, 6) is -0.305. The fourth-order valence-electron chi connectivity index (χ4n) is 1.75. The summed E-state index contributed by atoms with van der Waals surface area (Å²) < 4.78 is 5.32. The number of aliphatic carboxylic acids is 1. The van der Waals surface area contributed by atoms with Crippen LogP contribution in [-0.4, -0.2) is 30.8 Å². The lowest BCUT2D eigenvalue weighted by Crippen LogP contribution is -2.47. The van der Waals surface area contributed by atoms with Crippen LogP contribution in [0.4, 0.5) is 0 Å². The molecule has 0 amide bonds. The van der Waals surface area contributed by atoms with E-state index in [1.54, 1.807) is 31.2 Å². The zero-order chi connectivity index (χ0) is 15.0. The number of nitrogens with one attached hydrogen (secondary N) is 1. The lowest BCUT2D eigenvalue weighted by Gasteiger charge is -2.26. The minimum Gasteiger partial charge on any atom is -0.494 e. The second kappa shape index (κ2) is 7.37. The third-order valence-corrected chi connectivity index (χ3v) is 2.92. The highest BCUT2D eigenvalue weighted by Gasteiger charge is 2.34. The third-order valence-electron chi connectivity index (χ3n) is 2.92. The molecule has 0 aliphatic heterocycles. The smallest absolute Gasteiger partial charge is 0.328 e. The summed E-state index contributed by atoms with van der Waals surface area (Å²) in [6.45, 7) is 4.48. The van der Waals surface area contributed by atoms with Crippen molar-refractivity contribution in [3.8, 4) is 5.75 Å². The van der Waals surface area contributed by atoms with E-state index in [1.165, 1.54) is 0 Å². The number of ether oxygens (including phenoxy) is 1. The molecule has 1 aromatic rings. The van der Waals surface area contributed by atoms with Crippen LogP contribution in [-0.2, 0) is 10.3 Å². The number of azide groups is 1. The van der Waals surface area contributed by atoms with Crippen LogP contribution in [0, 0.1) is 0 Å². The molecule has 0 radical (unpaired) electrons. The molecule has 108 valence electrons. The first kappa shape index (κ1) is 15.8. The first-order valence-electron chi connectivity index (χ1n) is 6.27. The van der Waals surface area contributed by atoms with Crippen LogP contribution in [0.25, 0.3) is 10.4 Å². The van der Waals surface area contributed by atoms with Gasteiger partial charge in [0, 0.05) is 18.0 Å². The molecule has 1 aromatic carbocycles. The summed E-state index contributed by atoms with van der Waals surface area (Å²) >= 11 is 0. The highest BCUT2D eigenvalue weighted by molar-refractivity contribution is 5.80. The van der Waals surface area contributed by atoms with Crippen molar-refractivity contribution in [2.75, 3.05) is 19.7 Å². The molecule has 0 aliphatic carbocycles. The largest absolute Gasteiger partial charge is 0.494 e. The maximum absolute atomic E-state index is 11.5. The van der Waals surface area contributed by atoms with Gasteiger partial charge in [0.2, 0.25) is 0 Å². The SMILES string of the molecule is CCOc1ccc(C(C)(NCCN=[N+]=[N-])C(=O)O)cc1. The Morgan fingerprint density at radius 3 is 2.65 bits per heavy atom. The van der Waals surface area contributed by atoms with Crippen molar-refractivity contribution < 1.29 is 14.6 Å². The molecule has 0 spiro atoms. The molecule has 0 bridgehead atoms. The van der Waals surface area contributed by atoms with E-state index in [0.717, 1.165) is 0 Å². The zero-order valence-electron chi connectivity index (χ0n) is 11.5. The highest BCUT2D eigenvalue weighted by Crippen LogP contribution is 2.23. The van der Waals surface area contributed by atoms with Crippen molar-refractivity contribution in [3.05, 3.63) is 40.3 Å². The van der Waals surface area contributed by atoms with Crippen molar-refractivity contribution in [3.63, 3.8) is 0 Å². The first-order valence-corrected chi connectivity index (χ1v) is 6.27. The Hall–Kier alpha value is -2.24. The molecule has 2 N–H and O–H groups in total. The molecule has 20 heavy (non-hydrogen) atoms. The van der Waals surface area contributed by atoms with Gasteiger partial charge in [-0.1, -0.05) is 17.2 Å². The van der Waals surface area contributed by atoms with Gasteiger partial charge in [0.05, 0.1) is 6.61 Å². The molecular formula is C13H18N4O3. The molecule has 1 unspecified atom stereocenters. The predicted octanol–water partition coefficient (Wildman–Crippen LogP) is 2.29. The van der Waals surface area contributed by atoms with Crippen molar-refractivity contribution >= 4 is 5.97 Å². The number of carboxylic acids is 1. The fourth-order valence-corrected chi connectivity index (χ4v) is 1.75. The summed E-state index contributed by atoms with van der Waals surface area (Å²) in [4.78, 5) is 14.1. The topological polar surface area (TPSA) is 107 Å². The van der Waals surface area contributed by atoms with Gasteiger partial charge in [-0.3, -0.25) is 5.32 Å². The normalized spacial score (nSPS) is 13.1. The van der Waals surface area contributed by atoms with E-state index in [2.05, 4.69) is 15.3 Å². The van der Waals surface area contributed by atoms with Crippen LogP contribution in [0.15, 0.2) is 29.4 Å². The quantitative estimate of drug-likeness (QED) is 0.329. The van der Waals surface area contributed by atoms with Crippen LogP contribution in [0.2, 0.25) is 0 Å². The first-order chi connectivity index (χ1) is 9.54. The number of nitrogens with zero attached hydrogens (tertiary/aromatic N) is 3. The van der Waals surface area contributed by atoms with E-state index < -0.39 is 11.5 Å². The number of carbonyl (C=O) groups is 1. The van der Waals surface area contributed by atoms with E-state index in [-0.39, 0.29) is 13.1 Å². The second-order valence-corrected chi connectivity index (χ2v) is 4.27. The molecule has 7 heteroatoms. The molecular weight excluding hydrogens is 260 g/mol. The maximum atomic E-state index is 11.5. The Bertz CT molecular complexity index is 497. The Morgan fingerprint density at radius 1 is 1.50 bits per heavy atom. The van der Waals surface area contributed by atoms with E-state index >= 15 is 0 Å². The Morgan fingerprint density at radius 2 is 2.15 bits per heavy atom. The van der Waals surface area contributed by atoms with E-state index in [9.17, 15) is 9.90 Å². The van der Waals surface area contributed by atoms with E-state index in [0.29, 0.717) is 17.9 Å². The van der Waals surface area contributed by atoms with Crippen molar-refractivity contribution in [2.24, 2.45) is 5.11 Å². The third kappa shape index (κ3) is 3.88. The van der Waals surface area contributed by atoms with Crippen LogP contribution >= 0.6 is 0 Å². The summed E-state index contributed by atoms with van der Waals surface area (Å²) in [6.07, 6.45) is 0. The number of hydrogen-bond donors (Lipinski definition) is 2. The number of carboxylic acid groups (broad SMARTS) is 1. The van der Waals surface area contributed by atoms with Crippen molar-refractivity contribution in [2.45, 2.75) is 19.4 Å². The Kier molecular flexibility index (Phi) is 5.83. The number of rotatable bonds is 8. The van der Waals surface area contributed by atoms with Crippen molar-refractivity contribution in [1.82, 2.24) is 5.32 Å². The molecule has 1 rings (SSSR count). The molecule has 0 heterocycles.